The fourth-order valence-electron chi connectivity index (χ4n) is 5.81. The highest BCUT2D eigenvalue weighted by Gasteiger charge is 2.47. The van der Waals surface area contributed by atoms with Crippen LogP contribution in [0.2, 0.25) is 13.1 Å². The van der Waals surface area contributed by atoms with Crippen LogP contribution in [0.4, 0.5) is 0 Å². The molecule has 0 amide bonds. The molecule has 0 saturated heterocycles. The van der Waals surface area contributed by atoms with E-state index < -0.39 is 19.1 Å². The first kappa shape index (κ1) is 34.3. The Morgan fingerprint density at radius 3 is 1.04 bits per heavy atom. The second-order valence-electron chi connectivity index (χ2n) is 14.5. The normalized spacial score (nSPS) is 13.0. The standard InChI is InChI=1S/C40H52O4Si/c1-37(2,30-17-23-34(41-9)24-18-30)29-13-15-33(16-14-29)39(5,6)44-45(11,12)40(7,8)43-36-27-21-32(22-28-36)38(3,4)31-19-25-35(42-10)26-20-31/h13-28H,1-12H3. The van der Waals surface area contributed by atoms with Crippen LogP contribution in [-0.4, -0.2) is 27.8 Å². The maximum Gasteiger partial charge on any atom is 0.232 e. The number of hydrogen-bond donors (Lipinski definition) is 0. The Labute approximate surface area is 272 Å². The summed E-state index contributed by atoms with van der Waals surface area (Å²) in [4.78, 5) is 0. The molecular weight excluding hydrogens is 573 g/mol. The molecule has 0 fully saturated rings. The zero-order valence-electron chi connectivity index (χ0n) is 29.4. The summed E-state index contributed by atoms with van der Waals surface area (Å²) in [6.45, 7) is 22.1. The summed E-state index contributed by atoms with van der Waals surface area (Å²) in [6.07, 6.45) is 0. The molecule has 4 aromatic rings. The first-order valence-electron chi connectivity index (χ1n) is 15.8. The first-order valence-corrected chi connectivity index (χ1v) is 18.7. The van der Waals surface area contributed by atoms with Gasteiger partial charge in [0.15, 0.2) is 0 Å². The molecular formula is C40H52O4Si. The van der Waals surface area contributed by atoms with E-state index >= 15 is 0 Å². The lowest BCUT2D eigenvalue weighted by Gasteiger charge is -2.44. The SMILES string of the molecule is COc1ccc(C(C)(C)c2ccc(OC(C)(C)[Si](C)(C)OC(C)(C)c3ccc(C(C)(C)c4ccc(OC)cc4)cc3)cc2)cc1. The van der Waals surface area contributed by atoms with Crippen LogP contribution >= 0.6 is 0 Å². The topological polar surface area (TPSA) is 36.9 Å². The quantitative estimate of drug-likeness (QED) is 0.147. The second kappa shape index (κ2) is 12.7. The second-order valence-corrected chi connectivity index (χ2v) is 19.0. The van der Waals surface area contributed by atoms with Crippen LogP contribution in [0.25, 0.3) is 0 Å². The average molecular weight is 625 g/mol. The van der Waals surface area contributed by atoms with Crippen molar-refractivity contribution in [2.75, 3.05) is 14.2 Å². The van der Waals surface area contributed by atoms with E-state index in [4.69, 9.17) is 18.6 Å². The van der Waals surface area contributed by atoms with Crippen molar-refractivity contribution in [3.63, 3.8) is 0 Å². The van der Waals surface area contributed by atoms with Gasteiger partial charge in [-0.2, -0.15) is 0 Å². The van der Waals surface area contributed by atoms with Gasteiger partial charge in [0, 0.05) is 10.8 Å². The van der Waals surface area contributed by atoms with E-state index in [0.29, 0.717) is 0 Å². The molecule has 0 bridgehead atoms. The van der Waals surface area contributed by atoms with Crippen molar-refractivity contribution in [3.8, 4) is 17.2 Å². The molecule has 45 heavy (non-hydrogen) atoms. The summed E-state index contributed by atoms with van der Waals surface area (Å²) in [5.74, 6) is 2.58. The minimum absolute atomic E-state index is 0.140. The van der Waals surface area contributed by atoms with Gasteiger partial charge in [-0.3, -0.25) is 0 Å². The van der Waals surface area contributed by atoms with Crippen molar-refractivity contribution in [3.05, 3.63) is 125 Å². The lowest BCUT2D eigenvalue weighted by atomic mass is 9.77. The molecule has 0 aliphatic carbocycles. The minimum atomic E-state index is -2.40. The molecule has 0 atom stereocenters. The number of rotatable bonds is 12. The molecule has 0 saturated carbocycles. The van der Waals surface area contributed by atoms with Gasteiger partial charge in [0.2, 0.25) is 8.32 Å². The van der Waals surface area contributed by atoms with Crippen LogP contribution in [0.15, 0.2) is 97.1 Å². The first-order chi connectivity index (χ1) is 20.9. The summed E-state index contributed by atoms with van der Waals surface area (Å²) in [5.41, 5.74) is 5.34. The van der Waals surface area contributed by atoms with Crippen LogP contribution < -0.4 is 14.2 Å². The third kappa shape index (κ3) is 7.31. The van der Waals surface area contributed by atoms with Gasteiger partial charge in [-0.1, -0.05) is 88.4 Å². The predicted octanol–water partition coefficient (Wildman–Crippen LogP) is 10.2. The van der Waals surface area contributed by atoms with Gasteiger partial charge in [0.05, 0.1) is 19.8 Å². The van der Waals surface area contributed by atoms with Crippen LogP contribution in [0.1, 0.15) is 83.2 Å². The number of ether oxygens (including phenoxy) is 3. The molecule has 0 aliphatic heterocycles. The molecule has 240 valence electrons. The van der Waals surface area contributed by atoms with Crippen LogP contribution in [0.5, 0.6) is 17.2 Å². The summed E-state index contributed by atoms with van der Waals surface area (Å²) in [6, 6.07) is 34.0. The molecule has 0 unspecified atom stereocenters. The fourth-order valence-corrected chi connectivity index (χ4v) is 7.82. The third-order valence-electron chi connectivity index (χ3n) is 9.83. The van der Waals surface area contributed by atoms with E-state index in [1.165, 1.54) is 22.3 Å². The molecule has 0 aliphatic rings. The summed E-state index contributed by atoms with van der Waals surface area (Å²) in [7, 11) is 0.990. The lowest BCUT2D eigenvalue weighted by molar-refractivity contribution is 0.0594. The van der Waals surface area contributed by atoms with Crippen molar-refractivity contribution in [2.45, 2.75) is 90.1 Å². The zero-order valence-corrected chi connectivity index (χ0v) is 30.4. The van der Waals surface area contributed by atoms with Gasteiger partial charge in [0.25, 0.3) is 0 Å². The van der Waals surface area contributed by atoms with Crippen LogP contribution in [0, 0.1) is 0 Å². The lowest BCUT2D eigenvalue weighted by Crippen LogP contribution is -2.59. The summed E-state index contributed by atoms with van der Waals surface area (Å²) < 4.78 is 24.4. The maximum absolute atomic E-state index is 7.03. The molecule has 0 heterocycles. The van der Waals surface area contributed by atoms with Crippen molar-refractivity contribution in [1.29, 1.82) is 0 Å². The molecule has 4 rings (SSSR count). The van der Waals surface area contributed by atoms with Gasteiger partial charge in [-0.25, -0.2) is 0 Å². The Hall–Kier alpha value is -3.54. The molecule has 0 spiro atoms. The van der Waals surface area contributed by atoms with E-state index in [9.17, 15) is 0 Å². The minimum Gasteiger partial charge on any atom is -0.497 e. The van der Waals surface area contributed by atoms with E-state index in [-0.39, 0.29) is 10.8 Å². The monoisotopic (exact) mass is 624 g/mol. The van der Waals surface area contributed by atoms with Crippen LogP contribution in [0.3, 0.4) is 0 Å². The van der Waals surface area contributed by atoms with Crippen LogP contribution in [-0.2, 0) is 20.9 Å². The van der Waals surface area contributed by atoms with E-state index in [2.05, 4.69) is 141 Å². The molecule has 5 heteroatoms. The van der Waals surface area contributed by atoms with Crippen molar-refractivity contribution in [2.24, 2.45) is 0 Å². The Morgan fingerprint density at radius 1 is 0.422 bits per heavy atom. The molecule has 0 radical (unpaired) electrons. The summed E-state index contributed by atoms with van der Waals surface area (Å²) in [5, 5.41) is -0.479. The molecule has 4 aromatic carbocycles. The van der Waals surface area contributed by atoms with Gasteiger partial charge in [0.1, 0.15) is 22.5 Å². The van der Waals surface area contributed by atoms with Crippen molar-refractivity contribution in [1.82, 2.24) is 0 Å². The number of hydrogen-bond acceptors (Lipinski definition) is 4. The van der Waals surface area contributed by atoms with Crippen molar-refractivity contribution >= 4 is 8.32 Å². The zero-order chi connectivity index (χ0) is 33.3. The van der Waals surface area contributed by atoms with E-state index in [1.807, 2.05) is 24.3 Å². The average Bonchev–Trinajstić information content (AvgIpc) is 3.00. The maximum atomic E-state index is 7.03. The Balaban J connectivity index is 1.47. The smallest absolute Gasteiger partial charge is 0.232 e. The van der Waals surface area contributed by atoms with Gasteiger partial charge in [-0.05, 0) is 105 Å². The predicted molar refractivity (Wildman–Crippen MR) is 189 cm³/mol. The highest BCUT2D eigenvalue weighted by Crippen LogP contribution is 2.39. The van der Waals surface area contributed by atoms with E-state index in [1.54, 1.807) is 14.2 Å². The third-order valence-corrected chi connectivity index (χ3v) is 13.9. The van der Waals surface area contributed by atoms with E-state index in [0.717, 1.165) is 22.8 Å². The number of benzene rings is 4. The van der Waals surface area contributed by atoms with Gasteiger partial charge in [-0.15, -0.1) is 0 Å². The van der Waals surface area contributed by atoms with Gasteiger partial charge >= 0.3 is 0 Å². The molecule has 0 aromatic heterocycles. The Morgan fingerprint density at radius 2 is 0.711 bits per heavy atom. The molecule has 0 N–H and O–H groups in total. The highest BCUT2D eigenvalue weighted by molar-refractivity contribution is 6.74. The largest absolute Gasteiger partial charge is 0.497 e. The van der Waals surface area contributed by atoms with Gasteiger partial charge < -0.3 is 18.6 Å². The number of methoxy groups -OCH3 is 2. The summed E-state index contributed by atoms with van der Waals surface area (Å²) >= 11 is 0. The Kier molecular flexibility index (Phi) is 9.68. The Bertz CT molecular complexity index is 1550. The molecule has 4 nitrogen and oxygen atoms in total. The highest BCUT2D eigenvalue weighted by atomic mass is 28.4. The fraction of sp³-hybridized carbons (Fsp3) is 0.400. The van der Waals surface area contributed by atoms with Crippen molar-refractivity contribution < 1.29 is 18.6 Å².